The first kappa shape index (κ1) is 17.6. The number of carbonyl (C=O) groups excluding carboxylic acids is 1. The van der Waals surface area contributed by atoms with Gasteiger partial charge in [0.1, 0.15) is 5.82 Å². The van der Waals surface area contributed by atoms with E-state index in [1.165, 1.54) is 18.2 Å². The summed E-state index contributed by atoms with van der Waals surface area (Å²) in [6.07, 6.45) is 0.567. The van der Waals surface area contributed by atoms with E-state index in [9.17, 15) is 9.18 Å². The van der Waals surface area contributed by atoms with Gasteiger partial charge in [0.25, 0.3) is 5.91 Å². The van der Waals surface area contributed by atoms with E-state index in [0.717, 1.165) is 5.56 Å². The number of rotatable bonds is 7. The van der Waals surface area contributed by atoms with E-state index in [0.29, 0.717) is 35.8 Å². The van der Waals surface area contributed by atoms with Crippen LogP contribution >= 0.6 is 0 Å². The van der Waals surface area contributed by atoms with Gasteiger partial charge in [0, 0.05) is 12.1 Å². The predicted molar refractivity (Wildman–Crippen MR) is 88.5 cm³/mol. The molecule has 0 aliphatic heterocycles. The van der Waals surface area contributed by atoms with Crippen LogP contribution in [-0.2, 0) is 6.42 Å². The number of hydrogen-bond acceptors (Lipinski definition) is 4. The van der Waals surface area contributed by atoms with E-state index in [2.05, 4.69) is 5.32 Å². The molecule has 2 rings (SSSR count). The molecule has 1 N–H and O–H groups in total. The molecule has 0 spiro atoms. The van der Waals surface area contributed by atoms with Crippen molar-refractivity contribution in [2.24, 2.45) is 0 Å². The second-order valence-electron chi connectivity index (χ2n) is 5.05. The molecule has 0 fully saturated rings. The van der Waals surface area contributed by atoms with Crippen molar-refractivity contribution >= 4 is 5.91 Å². The molecule has 128 valence electrons. The van der Waals surface area contributed by atoms with Crippen molar-refractivity contribution in [1.82, 2.24) is 5.32 Å². The lowest BCUT2D eigenvalue weighted by atomic mass is 10.1. The Hall–Kier alpha value is -2.76. The van der Waals surface area contributed by atoms with E-state index >= 15 is 0 Å². The van der Waals surface area contributed by atoms with Gasteiger partial charge >= 0.3 is 0 Å². The lowest BCUT2D eigenvalue weighted by Crippen LogP contribution is -2.25. The number of amides is 1. The first-order chi connectivity index (χ1) is 11.6. The highest BCUT2D eigenvalue weighted by atomic mass is 19.1. The second-order valence-corrected chi connectivity index (χ2v) is 5.05. The van der Waals surface area contributed by atoms with Gasteiger partial charge in [0.2, 0.25) is 5.75 Å². The zero-order valence-corrected chi connectivity index (χ0v) is 13.9. The summed E-state index contributed by atoms with van der Waals surface area (Å²) in [6, 6.07) is 9.23. The van der Waals surface area contributed by atoms with Gasteiger partial charge in [0.05, 0.1) is 21.3 Å². The van der Waals surface area contributed by atoms with Crippen LogP contribution in [-0.4, -0.2) is 33.8 Å². The average molecular weight is 333 g/mol. The third-order valence-corrected chi connectivity index (χ3v) is 3.51. The Kier molecular flexibility index (Phi) is 6.01. The SMILES string of the molecule is COc1cc(CCNC(=O)c2cccc(F)c2)cc(OC)c1OC. The van der Waals surface area contributed by atoms with Crippen molar-refractivity contribution in [3.63, 3.8) is 0 Å². The summed E-state index contributed by atoms with van der Waals surface area (Å²) in [7, 11) is 4.64. The molecule has 0 unspecified atom stereocenters. The lowest BCUT2D eigenvalue weighted by molar-refractivity contribution is 0.0953. The van der Waals surface area contributed by atoms with Gasteiger partial charge in [-0.1, -0.05) is 6.07 Å². The van der Waals surface area contributed by atoms with Crippen LogP contribution in [0, 0.1) is 5.82 Å². The van der Waals surface area contributed by atoms with E-state index in [1.54, 1.807) is 27.4 Å². The minimum Gasteiger partial charge on any atom is -0.493 e. The molecule has 2 aromatic carbocycles. The molecular formula is C18H20FNO4. The fourth-order valence-electron chi connectivity index (χ4n) is 2.33. The summed E-state index contributed by atoms with van der Waals surface area (Å²) < 4.78 is 29.0. The zero-order valence-electron chi connectivity index (χ0n) is 13.9. The number of nitrogens with one attached hydrogen (secondary N) is 1. The summed E-state index contributed by atoms with van der Waals surface area (Å²) in [6.45, 7) is 0.397. The Morgan fingerprint density at radius 3 is 2.25 bits per heavy atom. The predicted octanol–water partition coefficient (Wildman–Crippen LogP) is 2.82. The van der Waals surface area contributed by atoms with Gasteiger partial charge in [0.15, 0.2) is 11.5 Å². The van der Waals surface area contributed by atoms with Gasteiger partial charge in [-0.25, -0.2) is 4.39 Å². The first-order valence-electron chi connectivity index (χ1n) is 7.41. The number of methoxy groups -OCH3 is 3. The van der Waals surface area contributed by atoms with Crippen LogP contribution in [0.5, 0.6) is 17.2 Å². The standard InChI is InChI=1S/C18H20FNO4/c1-22-15-9-12(10-16(23-2)17(15)24-3)7-8-20-18(21)13-5-4-6-14(19)11-13/h4-6,9-11H,7-8H2,1-3H3,(H,20,21). The van der Waals surface area contributed by atoms with Crippen molar-refractivity contribution in [3.05, 3.63) is 53.3 Å². The van der Waals surface area contributed by atoms with E-state index in [4.69, 9.17) is 14.2 Å². The van der Waals surface area contributed by atoms with E-state index in [-0.39, 0.29) is 5.91 Å². The van der Waals surface area contributed by atoms with Crippen LogP contribution in [0.3, 0.4) is 0 Å². The largest absolute Gasteiger partial charge is 0.493 e. The van der Waals surface area contributed by atoms with Crippen LogP contribution in [0.1, 0.15) is 15.9 Å². The maximum atomic E-state index is 13.1. The molecule has 0 atom stereocenters. The lowest BCUT2D eigenvalue weighted by Gasteiger charge is -2.14. The molecule has 0 aliphatic carbocycles. The number of benzene rings is 2. The molecule has 0 aliphatic rings. The first-order valence-corrected chi connectivity index (χ1v) is 7.41. The monoisotopic (exact) mass is 333 g/mol. The van der Waals surface area contributed by atoms with Crippen LogP contribution in [0.4, 0.5) is 4.39 Å². The zero-order chi connectivity index (χ0) is 17.5. The maximum Gasteiger partial charge on any atom is 0.251 e. The smallest absolute Gasteiger partial charge is 0.251 e. The number of ether oxygens (including phenoxy) is 3. The van der Waals surface area contributed by atoms with Crippen LogP contribution < -0.4 is 19.5 Å². The van der Waals surface area contributed by atoms with E-state index < -0.39 is 5.82 Å². The molecule has 6 heteroatoms. The highest BCUT2D eigenvalue weighted by Crippen LogP contribution is 2.38. The number of carbonyl (C=O) groups is 1. The highest BCUT2D eigenvalue weighted by Gasteiger charge is 2.13. The van der Waals surface area contributed by atoms with Gasteiger partial charge in [-0.3, -0.25) is 4.79 Å². The summed E-state index contributed by atoms with van der Waals surface area (Å²) in [5, 5.41) is 2.76. The van der Waals surface area contributed by atoms with Gasteiger partial charge in [-0.05, 0) is 42.3 Å². The van der Waals surface area contributed by atoms with Gasteiger partial charge < -0.3 is 19.5 Å². The summed E-state index contributed by atoms with van der Waals surface area (Å²) in [5.41, 5.74) is 1.21. The van der Waals surface area contributed by atoms with Crippen molar-refractivity contribution in [2.75, 3.05) is 27.9 Å². The van der Waals surface area contributed by atoms with Crippen LogP contribution in [0.25, 0.3) is 0 Å². The molecule has 1 amide bonds. The molecule has 0 saturated carbocycles. The normalized spacial score (nSPS) is 10.2. The van der Waals surface area contributed by atoms with Crippen molar-refractivity contribution < 1.29 is 23.4 Å². The maximum absolute atomic E-state index is 13.1. The Morgan fingerprint density at radius 2 is 1.71 bits per heavy atom. The van der Waals surface area contributed by atoms with Crippen LogP contribution in [0.15, 0.2) is 36.4 Å². The van der Waals surface area contributed by atoms with Crippen molar-refractivity contribution in [2.45, 2.75) is 6.42 Å². The third-order valence-electron chi connectivity index (χ3n) is 3.51. The van der Waals surface area contributed by atoms with Gasteiger partial charge in [-0.2, -0.15) is 0 Å². The van der Waals surface area contributed by atoms with Crippen molar-refractivity contribution in [3.8, 4) is 17.2 Å². The molecule has 0 aromatic heterocycles. The molecule has 0 bridgehead atoms. The topological polar surface area (TPSA) is 56.8 Å². The molecule has 24 heavy (non-hydrogen) atoms. The number of hydrogen-bond donors (Lipinski definition) is 1. The molecule has 0 saturated heterocycles. The minimum absolute atomic E-state index is 0.292. The fraction of sp³-hybridized carbons (Fsp3) is 0.278. The van der Waals surface area contributed by atoms with Crippen molar-refractivity contribution in [1.29, 1.82) is 0 Å². The second kappa shape index (κ2) is 8.19. The molecule has 0 heterocycles. The quantitative estimate of drug-likeness (QED) is 0.846. The van der Waals surface area contributed by atoms with E-state index in [1.807, 2.05) is 12.1 Å². The Morgan fingerprint density at radius 1 is 1.04 bits per heavy atom. The minimum atomic E-state index is -0.438. The Bertz CT molecular complexity index is 693. The number of halogens is 1. The molecule has 5 nitrogen and oxygen atoms in total. The molecular weight excluding hydrogens is 313 g/mol. The highest BCUT2D eigenvalue weighted by molar-refractivity contribution is 5.94. The van der Waals surface area contributed by atoms with Gasteiger partial charge in [-0.15, -0.1) is 0 Å². The summed E-state index contributed by atoms with van der Waals surface area (Å²) >= 11 is 0. The fourth-order valence-corrected chi connectivity index (χ4v) is 2.33. The van der Waals surface area contributed by atoms with Crippen LogP contribution in [0.2, 0.25) is 0 Å². The third kappa shape index (κ3) is 4.16. The Balaban J connectivity index is 2.03. The summed E-state index contributed by atoms with van der Waals surface area (Å²) in [4.78, 5) is 12.0. The molecule has 0 radical (unpaired) electrons. The molecule has 2 aromatic rings. The average Bonchev–Trinajstić information content (AvgIpc) is 2.60. The summed E-state index contributed by atoms with van der Waals surface area (Å²) in [5.74, 6) is 0.883. The Labute approximate surface area is 140 Å².